The summed E-state index contributed by atoms with van der Waals surface area (Å²) in [5, 5.41) is 0. The van der Waals surface area contributed by atoms with Crippen LogP contribution in [0, 0.1) is 5.92 Å². The second kappa shape index (κ2) is 8.54. The Bertz CT molecular complexity index is 877. The van der Waals surface area contributed by atoms with E-state index < -0.39 is 10.0 Å². The molecule has 27 heavy (non-hydrogen) atoms. The summed E-state index contributed by atoms with van der Waals surface area (Å²) < 4.78 is 27.9. The number of benzene rings is 2. The SMILES string of the molecule is CN(Cc1ccccc1)C(=O)C1CCN(S(=O)(=O)c2ccc(Br)cc2)CC1. The summed E-state index contributed by atoms with van der Waals surface area (Å²) in [4.78, 5) is 14.7. The molecule has 1 aliphatic rings. The highest BCUT2D eigenvalue weighted by Crippen LogP contribution is 2.26. The van der Waals surface area contributed by atoms with Gasteiger partial charge in [-0.25, -0.2) is 8.42 Å². The van der Waals surface area contributed by atoms with Gasteiger partial charge in [0.1, 0.15) is 0 Å². The van der Waals surface area contributed by atoms with Gasteiger partial charge < -0.3 is 4.90 Å². The van der Waals surface area contributed by atoms with Crippen LogP contribution in [0.4, 0.5) is 0 Å². The van der Waals surface area contributed by atoms with Crippen molar-refractivity contribution in [2.24, 2.45) is 5.92 Å². The average molecular weight is 451 g/mol. The number of amides is 1. The molecular weight excluding hydrogens is 428 g/mol. The molecule has 0 bridgehead atoms. The Balaban J connectivity index is 1.59. The van der Waals surface area contributed by atoms with Crippen LogP contribution in [0.3, 0.4) is 0 Å². The first-order valence-corrected chi connectivity index (χ1v) is 11.2. The molecule has 1 aliphatic heterocycles. The van der Waals surface area contributed by atoms with Gasteiger partial charge in [0, 0.05) is 37.1 Å². The van der Waals surface area contributed by atoms with Crippen LogP contribution in [0.1, 0.15) is 18.4 Å². The van der Waals surface area contributed by atoms with Gasteiger partial charge in [0.15, 0.2) is 0 Å². The van der Waals surface area contributed by atoms with E-state index in [1.54, 1.807) is 36.2 Å². The summed E-state index contributed by atoms with van der Waals surface area (Å²) in [6, 6.07) is 16.5. The minimum Gasteiger partial charge on any atom is -0.341 e. The van der Waals surface area contributed by atoms with E-state index in [-0.39, 0.29) is 16.7 Å². The molecule has 144 valence electrons. The van der Waals surface area contributed by atoms with E-state index in [1.165, 1.54) is 4.31 Å². The predicted molar refractivity (Wildman–Crippen MR) is 109 cm³/mol. The van der Waals surface area contributed by atoms with E-state index in [4.69, 9.17) is 0 Å². The van der Waals surface area contributed by atoms with Crippen LogP contribution in [0.25, 0.3) is 0 Å². The fraction of sp³-hybridized carbons (Fsp3) is 0.350. The van der Waals surface area contributed by atoms with Crippen molar-refractivity contribution in [3.05, 3.63) is 64.6 Å². The second-order valence-electron chi connectivity index (χ2n) is 6.81. The molecule has 0 aliphatic carbocycles. The fourth-order valence-electron chi connectivity index (χ4n) is 3.35. The third-order valence-electron chi connectivity index (χ3n) is 4.89. The first-order valence-electron chi connectivity index (χ1n) is 8.92. The standard InChI is InChI=1S/C20H23BrN2O3S/c1-22(15-16-5-3-2-4-6-16)20(24)17-11-13-23(14-12-17)27(25,26)19-9-7-18(21)8-10-19/h2-10,17H,11-15H2,1H3. The molecule has 3 rings (SSSR count). The van der Waals surface area contributed by atoms with Gasteiger partial charge in [-0.05, 0) is 42.7 Å². The van der Waals surface area contributed by atoms with Crippen LogP contribution in [-0.2, 0) is 21.4 Å². The number of carbonyl (C=O) groups excluding carboxylic acids is 1. The Morgan fingerprint density at radius 1 is 1.07 bits per heavy atom. The molecular formula is C20H23BrN2O3S. The lowest BCUT2D eigenvalue weighted by Gasteiger charge is -2.32. The number of nitrogens with zero attached hydrogens (tertiary/aromatic N) is 2. The Kier molecular flexibility index (Phi) is 6.34. The van der Waals surface area contributed by atoms with Crippen LogP contribution >= 0.6 is 15.9 Å². The molecule has 0 atom stereocenters. The molecule has 0 aromatic heterocycles. The summed E-state index contributed by atoms with van der Waals surface area (Å²) >= 11 is 3.32. The molecule has 2 aromatic carbocycles. The predicted octanol–water partition coefficient (Wildman–Crippen LogP) is 3.51. The van der Waals surface area contributed by atoms with Crippen molar-refractivity contribution in [1.29, 1.82) is 0 Å². The molecule has 1 amide bonds. The largest absolute Gasteiger partial charge is 0.341 e. The van der Waals surface area contributed by atoms with Gasteiger partial charge in [-0.15, -0.1) is 0 Å². The van der Waals surface area contributed by atoms with Crippen LogP contribution in [0.2, 0.25) is 0 Å². The monoisotopic (exact) mass is 450 g/mol. The minimum atomic E-state index is -3.51. The first kappa shape index (κ1) is 20.0. The topological polar surface area (TPSA) is 57.7 Å². The van der Waals surface area contributed by atoms with Crippen molar-refractivity contribution in [3.8, 4) is 0 Å². The molecule has 0 radical (unpaired) electrons. The zero-order chi connectivity index (χ0) is 19.4. The Labute approximate surface area is 169 Å². The van der Waals surface area contributed by atoms with Gasteiger partial charge in [-0.1, -0.05) is 46.3 Å². The Morgan fingerprint density at radius 3 is 2.26 bits per heavy atom. The van der Waals surface area contributed by atoms with E-state index >= 15 is 0 Å². The maximum absolute atomic E-state index is 12.8. The summed E-state index contributed by atoms with van der Waals surface area (Å²) in [5.41, 5.74) is 1.09. The minimum absolute atomic E-state index is 0.0829. The molecule has 5 nitrogen and oxygen atoms in total. The number of piperidine rings is 1. The number of rotatable bonds is 5. The maximum Gasteiger partial charge on any atom is 0.243 e. The quantitative estimate of drug-likeness (QED) is 0.699. The van der Waals surface area contributed by atoms with Gasteiger partial charge in [0.2, 0.25) is 15.9 Å². The number of halogens is 1. The summed E-state index contributed by atoms with van der Waals surface area (Å²) in [7, 11) is -1.70. The molecule has 1 fully saturated rings. The summed E-state index contributed by atoms with van der Waals surface area (Å²) in [6.45, 7) is 1.30. The van der Waals surface area contributed by atoms with Crippen molar-refractivity contribution >= 4 is 31.9 Å². The van der Waals surface area contributed by atoms with Crippen LogP contribution < -0.4 is 0 Å². The number of sulfonamides is 1. The molecule has 0 spiro atoms. The molecule has 2 aromatic rings. The highest BCUT2D eigenvalue weighted by Gasteiger charge is 2.33. The third kappa shape index (κ3) is 4.78. The number of hydrogen-bond acceptors (Lipinski definition) is 3. The highest BCUT2D eigenvalue weighted by molar-refractivity contribution is 9.10. The Morgan fingerprint density at radius 2 is 1.67 bits per heavy atom. The van der Waals surface area contributed by atoms with Crippen LogP contribution in [0.5, 0.6) is 0 Å². The van der Waals surface area contributed by atoms with Gasteiger partial charge in [-0.3, -0.25) is 4.79 Å². The maximum atomic E-state index is 12.8. The van der Waals surface area contributed by atoms with E-state index in [2.05, 4.69) is 15.9 Å². The summed E-state index contributed by atoms with van der Waals surface area (Å²) in [5.74, 6) is -0.0466. The smallest absolute Gasteiger partial charge is 0.243 e. The summed E-state index contributed by atoms with van der Waals surface area (Å²) in [6.07, 6.45) is 1.10. The van der Waals surface area contributed by atoms with Crippen molar-refractivity contribution in [2.75, 3.05) is 20.1 Å². The molecule has 1 saturated heterocycles. The number of hydrogen-bond donors (Lipinski definition) is 0. The molecule has 7 heteroatoms. The third-order valence-corrected chi connectivity index (χ3v) is 7.33. The van der Waals surface area contributed by atoms with Crippen molar-refractivity contribution in [2.45, 2.75) is 24.3 Å². The van der Waals surface area contributed by atoms with E-state index in [1.807, 2.05) is 30.3 Å². The van der Waals surface area contributed by atoms with E-state index in [0.29, 0.717) is 32.5 Å². The molecule has 0 N–H and O–H groups in total. The molecule has 1 heterocycles. The van der Waals surface area contributed by atoms with Crippen LogP contribution in [-0.4, -0.2) is 43.7 Å². The second-order valence-corrected chi connectivity index (χ2v) is 9.67. The lowest BCUT2D eigenvalue weighted by molar-refractivity contribution is -0.135. The van der Waals surface area contributed by atoms with E-state index in [9.17, 15) is 13.2 Å². The lowest BCUT2D eigenvalue weighted by Crippen LogP contribution is -2.43. The van der Waals surface area contributed by atoms with E-state index in [0.717, 1.165) is 10.0 Å². The average Bonchev–Trinajstić information content (AvgIpc) is 2.68. The number of carbonyl (C=O) groups is 1. The molecule has 0 saturated carbocycles. The van der Waals surface area contributed by atoms with Gasteiger partial charge in [0.25, 0.3) is 0 Å². The highest BCUT2D eigenvalue weighted by atomic mass is 79.9. The zero-order valence-electron chi connectivity index (χ0n) is 15.2. The van der Waals surface area contributed by atoms with Gasteiger partial charge >= 0.3 is 0 Å². The fourth-order valence-corrected chi connectivity index (χ4v) is 5.08. The Hall–Kier alpha value is -1.70. The van der Waals surface area contributed by atoms with Gasteiger partial charge in [0.05, 0.1) is 4.90 Å². The van der Waals surface area contributed by atoms with Crippen molar-refractivity contribution < 1.29 is 13.2 Å². The normalized spacial score (nSPS) is 16.2. The lowest BCUT2D eigenvalue weighted by atomic mass is 9.96. The van der Waals surface area contributed by atoms with Gasteiger partial charge in [-0.2, -0.15) is 4.31 Å². The molecule has 0 unspecified atom stereocenters. The van der Waals surface area contributed by atoms with Crippen molar-refractivity contribution in [3.63, 3.8) is 0 Å². The van der Waals surface area contributed by atoms with Crippen molar-refractivity contribution in [1.82, 2.24) is 9.21 Å². The first-order chi connectivity index (χ1) is 12.9. The van der Waals surface area contributed by atoms with Crippen LogP contribution in [0.15, 0.2) is 64.0 Å². The zero-order valence-corrected chi connectivity index (χ0v) is 17.6.